The normalized spacial score (nSPS) is 12.6. The predicted molar refractivity (Wildman–Crippen MR) is 110 cm³/mol. The van der Waals surface area contributed by atoms with Crippen LogP contribution < -0.4 is 11.2 Å². The molecule has 0 saturated carbocycles. The largest absolute Gasteiger partial charge is 0.416 e. The van der Waals surface area contributed by atoms with Gasteiger partial charge in [0.15, 0.2) is 5.82 Å². The van der Waals surface area contributed by atoms with Gasteiger partial charge in [0.05, 0.1) is 21.5 Å². The van der Waals surface area contributed by atoms with Crippen LogP contribution in [0.1, 0.15) is 23.9 Å². The lowest BCUT2D eigenvalue weighted by atomic mass is 10.1. The zero-order chi connectivity index (χ0) is 22.8. The van der Waals surface area contributed by atoms with Crippen LogP contribution in [-0.2, 0) is 17.4 Å². The first-order chi connectivity index (χ1) is 14.6. The summed E-state index contributed by atoms with van der Waals surface area (Å²) in [6.07, 6.45) is -4.48. The van der Waals surface area contributed by atoms with Crippen LogP contribution in [0, 0.1) is 5.82 Å². The number of nitrogens with zero attached hydrogens (tertiary/aromatic N) is 3. The van der Waals surface area contributed by atoms with Crippen LogP contribution in [0.15, 0.2) is 47.6 Å². The molecule has 2 aromatic carbocycles. The molecule has 12 heteroatoms. The van der Waals surface area contributed by atoms with Gasteiger partial charge in [0.2, 0.25) is 11.1 Å². The molecule has 0 aliphatic rings. The number of nitrogens with one attached hydrogen (secondary N) is 1. The van der Waals surface area contributed by atoms with E-state index in [-0.39, 0.29) is 28.1 Å². The molecule has 31 heavy (non-hydrogen) atoms. The van der Waals surface area contributed by atoms with Gasteiger partial charge in [0.25, 0.3) is 0 Å². The van der Waals surface area contributed by atoms with Crippen molar-refractivity contribution in [1.82, 2.24) is 14.9 Å². The standard InChI is InChI=1S/C19H16ClF4N5OS/c1-10(17(30)26-15-9-12(19(22,23)24)6-7-13(15)20)31-18-28-27-16(29(18)25)8-11-4-2-3-5-14(11)21/h2-7,9-10H,8,25H2,1H3,(H,26,30). The summed E-state index contributed by atoms with van der Waals surface area (Å²) < 4.78 is 53.7. The molecule has 1 amide bonds. The minimum atomic E-state index is -4.57. The van der Waals surface area contributed by atoms with Gasteiger partial charge in [0, 0.05) is 6.42 Å². The third kappa shape index (κ3) is 5.47. The molecule has 1 heterocycles. The Bertz CT molecular complexity index is 1110. The number of amides is 1. The number of aromatic nitrogens is 3. The van der Waals surface area contributed by atoms with Crippen LogP contribution in [0.2, 0.25) is 5.02 Å². The van der Waals surface area contributed by atoms with Crippen LogP contribution in [0.5, 0.6) is 0 Å². The van der Waals surface area contributed by atoms with Gasteiger partial charge in [-0.15, -0.1) is 10.2 Å². The second-order valence-electron chi connectivity index (χ2n) is 6.48. The third-order valence-electron chi connectivity index (χ3n) is 4.24. The van der Waals surface area contributed by atoms with Gasteiger partial charge in [-0.05, 0) is 36.8 Å². The zero-order valence-corrected chi connectivity index (χ0v) is 17.5. The Hall–Kier alpha value is -2.79. The molecule has 1 unspecified atom stereocenters. The van der Waals surface area contributed by atoms with E-state index in [4.69, 9.17) is 17.4 Å². The molecular weight excluding hydrogens is 458 g/mol. The van der Waals surface area contributed by atoms with E-state index in [1.165, 1.54) is 13.0 Å². The summed E-state index contributed by atoms with van der Waals surface area (Å²) in [4.78, 5) is 12.5. The van der Waals surface area contributed by atoms with Gasteiger partial charge in [-0.25, -0.2) is 9.07 Å². The molecule has 3 N–H and O–H groups in total. The molecule has 0 saturated heterocycles. The highest BCUT2D eigenvalue weighted by Gasteiger charge is 2.31. The van der Waals surface area contributed by atoms with Crippen molar-refractivity contribution >= 4 is 35.0 Å². The predicted octanol–water partition coefficient (Wildman–Crippen LogP) is 4.51. The maximum atomic E-state index is 13.8. The van der Waals surface area contributed by atoms with E-state index in [9.17, 15) is 22.4 Å². The van der Waals surface area contributed by atoms with E-state index in [2.05, 4.69) is 15.5 Å². The van der Waals surface area contributed by atoms with Crippen LogP contribution in [0.4, 0.5) is 23.2 Å². The number of nitrogens with two attached hydrogens (primary N) is 1. The lowest BCUT2D eigenvalue weighted by molar-refractivity contribution is -0.137. The molecule has 0 fully saturated rings. The fraction of sp³-hybridized carbons (Fsp3) is 0.211. The Balaban J connectivity index is 1.70. The van der Waals surface area contributed by atoms with Crippen LogP contribution in [0.25, 0.3) is 0 Å². The first kappa shape index (κ1) is 22.9. The van der Waals surface area contributed by atoms with Crippen molar-refractivity contribution in [1.29, 1.82) is 0 Å². The highest BCUT2D eigenvalue weighted by Crippen LogP contribution is 2.34. The zero-order valence-electron chi connectivity index (χ0n) is 16.0. The molecule has 3 aromatic rings. The van der Waals surface area contributed by atoms with Crippen molar-refractivity contribution in [3.8, 4) is 0 Å². The topological polar surface area (TPSA) is 85.8 Å². The highest BCUT2D eigenvalue weighted by molar-refractivity contribution is 8.00. The average molecular weight is 474 g/mol. The smallest absolute Gasteiger partial charge is 0.336 e. The number of thioether (sulfide) groups is 1. The van der Waals surface area contributed by atoms with E-state index in [1.54, 1.807) is 18.2 Å². The average Bonchev–Trinajstić information content (AvgIpc) is 3.04. The SMILES string of the molecule is CC(Sc1nnc(Cc2ccccc2F)n1N)C(=O)Nc1cc(C(F)(F)F)ccc1Cl. The third-order valence-corrected chi connectivity index (χ3v) is 5.63. The monoisotopic (exact) mass is 473 g/mol. The number of nitrogen functional groups attached to an aromatic ring is 1. The molecule has 0 aliphatic carbocycles. The van der Waals surface area contributed by atoms with Crippen molar-refractivity contribution in [2.24, 2.45) is 0 Å². The van der Waals surface area contributed by atoms with Crippen molar-refractivity contribution in [3.63, 3.8) is 0 Å². The number of benzene rings is 2. The van der Waals surface area contributed by atoms with Gasteiger partial charge < -0.3 is 11.2 Å². The molecule has 1 aromatic heterocycles. The Kier molecular flexibility index (Phi) is 6.75. The van der Waals surface area contributed by atoms with Gasteiger partial charge in [-0.2, -0.15) is 13.2 Å². The number of hydrogen-bond acceptors (Lipinski definition) is 5. The summed E-state index contributed by atoms with van der Waals surface area (Å²) in [5, 5.41) is 9.57. The van der Waals surface area contributed by atoms with E-state index in [1.807, 2.05) is 0 Å². The molecule has 0 radical (unpaired) electrons. The molecule has 0 bridgehead atoms. The summed E-state index contributed by atoms with van der Waals surface area (Å²) >= 11 is 6.85. The van der Waals surface area contributed by atoms with Crippen LogP contribution in [-0.4, -0.2) is 26.0 Å². The van der Waals surface area contributed by atoms with Gasteiger partial charge >= 0.3 is 6.18 Å². The number of hydrogen-bond donors (Lipinski definition) is 2. The first-order valence-corrected chi connectivity index (χ1v) is 10.1. The minimum Gasteiger partial charge on any atom is -0.336 e. The molecule has 0 aliphatic heterocycles. The molecule has 3 rings (SSSR count). The van der Waals surface area contributed by atoms with Crippen LogP contribution in [0.3, 0.4) is 0 Å². The van der Waals surface area contributed by atoms with Crippen LogP contribution >= 0.6 is 23.4 Å². The molecule has 1 atom stereocenters. The lowest BCUT2D eigenvalue weighted by Gasteiger charge is -2.14. The van der Waals surface area contributed by atoms with Crippen molar-refractivity contribution in [2.45, 2.75) is 29.9 Å². The Morgan fingerprint density at radius 1 is 1.26 bits per heavy atom. The maximum Gasteiger partial charge on any atom is 0.416 e. The maximum absolute atomic E-state index is 13.8. The molecule has 164 valence electrons. The van der Waals surface area contributed by atoms with Gasteiger partial charge in [0.1, 0.15) is 5.82 Å². The number of anilines is 1. The van der Waals surface area contributed by atoms with E-state index in [0.717, 1.165) is 34.6 Å². The van der Waals surface area contributed by atoms with Gasteiger partial charge in [-0.1, -0.05) is 41.6 Å². The summed E-state index contributed by atoms with van der Waals surface area (Å²) in [7, 11) is 0. The quantitative estimate of drug-likeness (QED) is 0.312. The number of alkyl halides is 3. The van der Waals surface area contributed by atoms with E-state index in [0.29, 0.717) is 5.56 Å². The number of carbonyl (C=O) groups is 1. The summed E-state index contributed by atoms with van der Waals surface area (Å²) in [6.45, 7) is 1.52. The van der Waals surface area contributed by atoms with Gasteiger partial charge in [-0.3, -0.25) is 4.79 Å². The van der Waals surface area contributed by atoms with E-state index >= 15 is 0 Å². The summed E-state index contributed by atoms with van der Waals surface area (Å²) in [5.74, 6) is 5.23. The highest BCUT2D eigenvalue weighted by atomic mass is 35.5. The summed E-state index contributed by atoms with van der Waals surface area (Å²) in [6, 6.07) is 8.78. The Labute approximate surface area is 183 Å². The van der Waals surface area contributed by atoms with Crippen molar-refractivity contribution < 1.29 is 22.4 Å². The van der Waals surface area contributed by atoms with Crippen molar-refractivity contribution in [2.75, 3.05) is 11.2 Å². The lowest BCUT2D eigenvalue weighted by Crippen LogP contribution is -2.24. The minimum absolute atomic E-state index is 0.0345. The number of halogens is 5. The second-order valence-corrected chi connectivity index (χ2v) is 8.19. The Morgan fingerprint density at radius 2 is 1.97 bits per heavy atom. The van der Waals surface area contributed by atoms with E-state index < -0.39 is 28.7 Å². The number of rotatable bonds is 6. The summed E-state index contributed by atoms with van der Waals surface area (Å²) in [5.41, 5.74) is -0.724. The molecule has 0 spiro atoms. The van der Waals surface area contributed by atoms with Crippen molar-refractivity contribution in [3.05, 3.63) is 70.3 Å². The fourth-order valence-electron chi connectivity index (χ4n) is 2.56. The first-order valence-electron chi connectivity index (χ1n) is 8.83. The Morgan fingerprint density at radius 3 is 2.65 bits per heavy atom. The molecular formula is C19H16ClF4N5OS. The molecule has 6 nitrogen and oxygen atoms in total. The fourth-order valence-corrected chi connectivity index (χ4v) is 3.52. The second kappa shape index (κ2) is 9.15. The number of carbonyl (C=O) groups excluding carboxylic acids is 1.